The van der Waals surface area contributed by atoms with E-state index in [1.165, 1.54) is 18.2 Å². The van der Waals surface area contributed by atoms with E-state index in [9.17, 15) is 13.6 Å². The predicted octanol–water partition coefficient (Wildman–Crippen LogP) is 3.45. The zero-order valence-corrected chi connectivity index (χ0v) is 17.3. The van der Waals surface area contributed by atoms with Crippen LogP contribution < -0.4 is 4.74 Å². The van der Waals surface area contributed by atoms with Gasteiger partial charge in [-0.05, 0) is 36.3 Å². The van der Waals surface area contributed by atoms with Gasteiger partial charge in [0.1, 0.15) is 5.75 Å². The van der Waals surface area contributed by atoms with Crippen LogP contribution in [0.25, 0.3) is 6.08 Å². The number of nitrogens with zero attached hydrogens (tertiary/aromatic N) is 3. The van der Waals surface area contributed by atoms with E-state index in [4.69, 9.17) is 4.74 Å². The summed E-state index contributed by atoms with van der Waals surface area (Å²) in [4.78, 5) is 21.0. The van der Waals surface area contributed by atoms with Crippen LogP contribution in [-0.2, 0) is 16.1 Å². The van der Waals surface area contributed by atoms with E-state index in [0.717, 1.165) is 44.8 Å². The van der Waals surface area contributed by atoms with Gasteiger partial charge in [0.25, 0.3) is 0 Å². The molecule has 1 aromatic heterocycles. The SMILES string of the molecule is O=C(/C=C/c1ccccc1OC(F)F)N(CCCN1CCOCC1)Cc1ccncc1. The van der Waals surface area contributed by atoms with Gasteiger partial charge in [-0.2, -0.15) is 8.78 Å². The Balaban J connectivity index is 1.65. The first kappa shape index (κ1) is 22.8. The maximum absolute atomic E-state index is 12.9. The molecule has 2 heterocycles. The molecule has 0 atom stereocenters. The van der Waals surface area contributed by atoms with Crippen LogP contribution in [0.1, 0.15) is 17.5 Å². The third-order valence-corrected chi connectivity index (χ3v) is 4.98. The minimum absolute atomic E-state index is 0.0366. The molecule has 0 aliphatic carbocycles. The molecule has 1 fully saturated rings. The van der Waals surface area contributed by atoms with E-state index in [1.807, 2.05) is 12.1 Å². The van der Waals surface area contributed by atoms with Gasteiger partial charge in [0.2, 0.25) is 5.91 Å². The Hall–Kier alpha value is -2.84. The molecule has 6 nitrogen and oxygen atoms in total. The summed E-state index contributed by atoms with van der Waals surface area (Å²) < 4.78 is 35.2. The summed E-state index contributed by atoms with van der Waals surface area (Å²) in [5, 5.41) is 0. The van der Waals surface area contributed by atoms with Gasteiger partial charge in [-0.25, -0.2) is 0 Å². The number of hydrogen-bond acceptors (Lipinski definition) is 5. The lowest BCUT2D eigenvalue weighted by Crippen LogP contribution is -2.38. The molecule has 0 bridgehead atoms. The summed E-state index contributed by atoms with van der Waals surface area (Å²) in [5.74, 6) is -0.153. The molecule has 1 aliphatic rings. The van der Waals surface area contributed by atoms with E-state index in [0.29, 0.717) is 18.7 Å². The smallest absolute Gasteiger partial charge is 0.387 e. The van der Waals surface area contributed by atoms with Gasteiger partial charge < -0.3 is 14.4 Å². The summed E-state index contributed by atoms with van der Waals surface area (Å²) in [7, 11) is 0. The normalized spacial score (nSPS) is 14.8. The van der Waals surface area contributed by atoms with Gasteiger partial charge in [-0.3, -0.25) is 14.7 Å². The molecule has 0 N–H and O–H groups in total. The highest BCUT2D eigenvalue weighted by atomic mass is 19.3. The van der Waals surface area contributed by atoms with Gasteiger partial charge in [-0.1, -0.05) is 18.2 Å². The van der Waals surface area contributed by atoms with E-state index in [2.05, 4.69) is 14.6 Å². The Kier molecular flexibility index (Phi) is 8.93. The van der Waals surface area contributed by atoms with Crippen molar-refractivity contribution in [2.24, 2.45) is 0 Å². The van der Waals surface area contributed by atoms with Crippen LogP contribution in [0.4, 0.5) is 8.78 Å². The van der Waals surface area contributed by atoms with Gasteiger partial charge >= 0.3 is 6.61 Å². The van der Waals surface area contributed by atoms with Crippen LogP contribution in [0, 0.1) is 0 Å². The Bertz CT molecular complexity index is 843. The fourth-order valence-corrected chi connectivity index (χ4v) is 3.37. The molecule has 2 aromatic rings. The Labute approximate surface area is 181 Å². The molecule has 1 saturated heterocycles. The number of benzene rings is 1. The van der Waals surface area contributed by atoms with E-state index < -0.39 is 6.61 Å². The Morgan fingerprint density at radius 2 is 1.94 bits per heavy atom. The number of morpholine rings is 1. The quantitative estimate of drug-likeness (QED) is 0.540. The van der Waals surface area contributed by atoms with Crippen LogP contribution in [0.5, 0.6) is 5.75 Å². The molecule has 1 aliphatic heterocycles. The number of rotatable bonds is 10. The number of halogens is 2. The number of pyridine rings is 1. The lowest BCUT2D eigenvalue weighted by Gasteiger charge is -2.28. The highest BCUT2D eigenvalue weighted by Crippen LogP contribution is 2.21. The number of para-hydroxylation sites is 1. The molecule has 31 heavy (non-hydrogen) atoms. The highest BCUT2D eigenvalue weighted by molar-refractivity contribution is 5.92. The molecular weight excluding hydrogens is 404 g/mol. The zero-order chi connectivity index (χ0) is 21.9. The number of hydrogen-bond donors (Lipinski definition) is 0. The largest absolute Gasteiger partial charge is 0.434 e. The number of carbonyl (C=O) groups is 1. The second-order valence-corrected chi connectivity index (χ2v) is 7.17. The van der Waals surface area contributed by atoms with Crippen molar-refractivity contribution >= 4 is 12.0 Å². The summed E-state index contributed by atoms with van der Waals surface area (Å²) in [5.41, 5.74) is 1.40. The Morgan fingerprint density at radius 3 is 2.68 bits per heavy atom. The number of aromatic nitrogens is 1. The van der Waals surface area contributed by atoms with Crippen LogP contribution in [0.15, 0.2) is 54.9 Å². The molecular formula is C23H27F2N3O3. The van der Waals surface area contributed by atoms with Crippen molar-refractivity contribution in [1.82, 2.24) is 14.8 Å². The van der Waals surface area contributed by atoms with Crippen molar-refractivity contribution in [3.63, 3.8) is 0 Å². The first-order valence-electron chi connectivity index (χ1n) is 10.3. The molecule has 166 valence electrons. The van der Waals surface area contributed by atoms with Crippen molar-refractivity contribution in [3.8, 4) is 5.75 Å². The number of amides is 1. The fraction of sp³-hybridized carbons (Fsp3) is 0.391. The van der Waals surface area contributed by atoms with Gasteiger partial charge in [0.15, 0.2) is 0 Å². The van der Waals surface area contributed by atoms with Crippen molar-refractivity contribution < 1.29 is 23.0 Å². The number of ether oxygens (including phenoxy) is 2. The first-order valence-corrected chi connectivity index (χ1v) is 10.3. The molecule has 1 aromatic carbocycles. The van der Waals surface area contributed by atoms with Crippen LogP contribution in [0.2, 0.25) is 0 Å². The number of alkyl halides is 2. The molecule has 0 spiro atoms. The summed E-state index contributed by atoms with van der Waals surface area (Å²) >= 11 is 0. The second kappa shape index (κ2) is 12.1. The minimum Gasteiger partial charge on any atom is -0.434 e. The van der Waals surface area contributed by atoms with Gasteiger partial charge in [-0.15, -0.1) is 0 Å². The lowest BCUT2D eigenvalue weighted by atomic mass is 10.1. The molecule has 8 heteroatoms. The van der Waals surface area contributed by atoms with Gasteiger partial charge in [0, 0.05) is 56.8 Å². The predicted molar refractivity (Wildman–Crippen MR) is 114 cm³/mol. The van der Waals surface area contributed by atoms with Gasteiger partial charge in [0.05, 0.1) is 13.2 Å². The molecule has 0 unspecified atom stereocenters. The second-order valence-electron chi connectivity index (χ2n) is 7.17. The van der Waals surface area contributed by atoms with Crippen molar-refractivity contribution in [3.05, 3.63) is 66.0 Å². The fourth-order valence-electron chi connectivity index (χ4n) is 3.37. The Morgan fingerprint density at radius 1 is 1.19 bits per heavy atom. The van der Waals surface area contributed by atoms with E-state index in [1.54, 1.807) is 35.5 Å². The maximum Gasteiger partial charge on any atom is 0.387 e. The minimum atomic E-state index is -2.92. The summed E-state index contributed by atoms with van der Waals surface area (Å²) in [6, 6.07) is 10.1. The topological polar surface area (TPSA) is 54.9 Å². The van der Waals surface area contributed by atoms with Crippen LogP contribution in [-0.4, -0.2) is 66.7 Å². The molecule has 3 rings (SSSR count). The van der Waals surface area contributed by atoms with E-state index >= 15 is 0 Å². The summed E-state index contributed by atoms with van der Waals surface area (Å²) in [6.45, 7) is 2.28. The lowest BCUT2D eigenvalue weighted by molar-refractivity contribution is -0.126. The monoisotopic (exact) mass is 431 g/mol. The highest BCUT2D eigenvalue weighted by Gasteiger charge is 2.15. The zero-order valence-electron chi connectivity index (χ0n) is 17.3. The number of carbonyl (C=O) groups excluding carboxylic acids is 1. The maximum atomic E-state index is 12.9. The summed E-state index contributed by atoms with van der Waals surface area (Å²) in [6.07, 6.45) is 7.14. The standard InChI is InChI=1S/C23H27F2N3O3/c24-23(25)31-21-5-2-1-4-20(21)6-7-22(29)28(18-19-8-10-26-11-9-19)13-3-12-27-14-16-30-17-15-27/h1-2,4-11,23H,3,12-18H2/b7-6+. The van der Waals surface area contributed by atoms with Crippen molar-refractivity contribution in [2.45, 2.75) is 19.6 Å². The average molecular weight is 431 g/mol. The van der Waals surface area contributed by atoms with Crippen LogP contribution in [0.3, 0.4) is 0 Å². The molecule has 1 amide bonds. The first-order chi connectivity index (χ1) is 15.1. The molecule has 0 radical (unpaired) electrons. The average Bonchev–Trinajstić information content (AvgIpc) is 2.78. The van der Waals surface area contributed by atoms with E-state index in [-0.39, 0.29) is 11.7 Å². The molecule has 0 saturated carbocycles. The third-order valence-electron chi connectivity index (χ3n) is 4.98. The third kappa shape index (κ3) is 7.73. The van der Waals surface area contributed by atoms with Crippen LogP contribution >= 0.6 is 0 Å². The van der Waals surface area contributed by atoms with Crippen molar-refractivity contribution in [1.29, 1.82) is 0 Å². The van der Waals surface area contributed by atoms with Crippen molar-refractivity contribution in [2.75, 3.05) is 39.4 Å².